The molecule has 0 saturated carbocycles. The Hall–Kier alpha value is -3.59. The molecule has 1 unspecified atom stereocenters. The van der Waals surface area contributed by atoms with Gasteiger partial charge in [-0.3, -0.25) is 9.69 Å². The molecule has 9 heteroatoms. The number of aromatic nitrogens is 4. The largest absolute Gasteiger partial charge is 0.457 e. The number of nitrogens with zero attached hydrogens (tertiary/aromatic N) is 6. The van der Waals surface area contributed by atoms with Crippen LogP contribution in [0, 0.1) is 6.92 Å². The van der Waals surface area contributed by atoms with Crippen LogP contribution in [0.15, 0.2) is 36.9 Å². The number of fused-ring (bicyclic) bond motifs is 2. The summed E-state index contributed by atoms with van der Waals surface area (Å²) in [5.41, 5.74) is 6.21. The van der Waals surface area contributed by atoms with E-state index < -0.39 is 0 Å². The zero-order valence-electron chi connectivity index (χ0n) is 19.8. The third-order valence-electron chi connectivity index (χ3n) is 7.65. The highest BCUT2D eigenvalue weighted by Gasteiger charge is 2.34. The molecule has 6 rings (SSSR count). The molecular weight excluding hydrogens is 444 g/mol. The third-order valence-corrected chi connectivity index (χ3v) is 7.65. The number of esters is 1. The van der Waals surface area contributed by atoms with Crippen molar-refractivity contribution in [2.45, 2.75) is 38.7 Å². The van der Waals surface area contributed by atoms with E-state index in [4.69, 9.17) is 9.72 Å². The Kier molecular flexibility index (Phi) is 5.56. The molecule has 2 aromatic heterocycles. The Bertz CT molecular complexity index is 1280. The van der Waals surface area contributed by atoms with Crippen molar-refractivity contribution in [1.82, 2.24) is 29.5 Å². The number of carbonyl (C=O) groups excluding carboxylic acids is 2. The van der Waals surface area contributed by atoms with Crippen LogP contribution in [0.2, 0.25) is 0 Å². The third kappa shape index (κ3) is 3.99. The maximum atomic E-state index is 13.4. The number of amides is 1. The van der Waals surface area contributed by atoms with Crippen molar-refractivity contribution in [2.24, 2.45) is 0 Å². The Balaban J connectivity index is 1.05. The van der Waals surface area contributed by atoms with Crippen molar-refractivity contribution in [1.29, 1.82) is 0 Å². The number of ether oxygens (including phenoxy) is 1. The lowest BCUT2D eigenvalue weighted by molar-refractivity contribution is -0.134. The van der Waals surface area contributed by atoms with Gasteiger partial charge in [0.05, 0.1) is 11.5 Å². The van der Waals surface area contributed by atoms with E-state index in [-0.39, 0.29) is 17.8 Å². The normalized spacial score (nSPS) is 19.5. The summed E-state index contributed by atoms with van der Waals surface area (Å²) in [6.45, 7) is 6.66. The van der Waals surface area contributed by atoms with E-state index in [0.29, 0.717) is 12.2 Å². The van der Waals surface area contributed by atoms with Crippen LogP contribution in [0.5, 0.6) is 0 Å². The van der Waals surface area contributed by atoms with Crippen molar-refractivity contribution in [3.8, 4) is 5.82 Å². The van der Waals surface area contributed by atoms with E-state index >= 15 is 0 Å². The van der Waals surface area contributed by atoms with Crippen LogP contribution in [0.3, 0.4) is 0 Å². The first-order valence-corrected chi connectivity index (χ1v) is 12.2. The molecule has 1 aromatic carbocycles. The molecule has 1 aliphatic carbocycles. The lowest BCUT2D eigenvalue weighted by Gasteiger charge is -2.36. The molecule has 1 amide bonds. The molecule has 1 saturated heterocycles. The number of pyridine rings is 1. The number of rotatable bonds is 5. The first-order chi connectivity index (χ1) is 17.1. The van der Waals surface area contributed by atoms with Crippen LogP contribution in [0.25, 0.3) is 5.82 Å². The maximum absolute atomic E-state index is 13.4. The van der Waals surface area contributed by atoms with Crippen LogP contribution in [-0.2, 0) is 29.0 Å². The van der Waals surface area contributed by atoms with Crippen LogP contribution in [0.4, 0.5) is 0 Å². The van der Waals surface area contributed by atoms with Crippen molar-refractivity contribution in [3.05, 3.63) is 70.4 Å². The average molecular weight is 473 g/mol. The molecule has 0 spiro atoms. The topological polar surface area (TPSA) is 93.5 Å². The molecule has 1 atom stereocenters. The van der Waals surface area contributed by atoms with Gasteiger partial charge in [0.25, 0.3) is 0 Å². The summed E-state index contributed by atoms with van der Waals surface area (Å²) >= 11 is 0. The molecule has 4 heterocycles. The van der Waals surface area contributed by atoms with Gasteiger partial charge in [-0.2, -0.15) is 5.10 Å². The SMILES string of the molecule is Cc1c(CCN2CCN(C(=O)C3CCc4nc(-n5cncn5)ccc43)CC2)ccc2c1COC2=O. The van der Waals surface area contributed by atoms with E-state index in [1.54, 1.807) is 11.0 Å². The van der Waals surface area contributed by atoms with Crippen LogP contribution in [0.1, 0.15) is 50.6 Å². The lowest BCUT2D eigenvalue weighted by atomic mass is 9.96. The second-order valence-electron chi connectivity index (χ2n) is 9.51. The molecule has 0 radical (unpaired) electrons. The zero-order chi connectivity index (χ0) is 23.9. The number of carbonyl (C=O) groups is 2. The number of hydrogen-bond acceptors (Lipinski definition) is 7. The summed E-state index contributed by atoms with van der Waals surface area (Å²) in [5, 5.41) is 4.15. The van der Waals surface area contributed by atoms with Gasteiger partial charge in [-0.05, 0) is 55.0 Å². The number of aryl methyl sites for hydroxylation is 1. The van der Waals surface area contributed by atoms with Crippen LogP contribution in [-0.4, -0.2) is 74.1 Å². The van der Waals surface area contributed by atoms with Gasteiger partial charge in [0.15, 0.2) is 5.82 Å². The van der Waals surface area contributed by atoms with Gasteiger partial charge >= 0.3 is 5.97 Å². The molecule has 35 heavy (non-hydrogen) atoms. The molecule has 9 nitrogen and oxygen atoms in total. The summed E-state index contributed by atoms with van der Waals surface area (Å²) < 4.78 is 6.82. The highest BCUT2D eigenvalue weighted by Crippen LogP contribution is 2.34. The predicted molar refractivity (Wildman–Crippen MR) is 127 cm³/mol. The number of cyclic esters (lactones) is 1. The van der Waals surface area contributed by atoms with E-state index in [9.17, 15) is 9.59 Å². The highest BCUT2D eigenvalue weighted by molar-refractivity contribution is 5.94. The fraction of sp³-hybridized carbons (Fsp3) is 0.423. The second kappa shape index (κ2) is 8.88. The zero-order valence-corrected chi connectivity index (χ0v) is 19.8. The van der Waals surface area contributed by atoms with Crippen molar-refractivity contribution in [3.63, 3.8) is 0 Å². The van der Waals surface area contributed by atoms with Gasteiger partial charge in [-0.25, -0.2) is 19.4 Å². The quantitative estimate of drug-likeness (QED) is 0.525. The van der Waals surface area contributed by atoms with Gasteiger partial charge in [-0.15, -0.1) is 0 Å². The minimum absolute atomic E-state index is 0.104. The molecule has 1 fully saturated rings. The molecule has 3 aliphatic rings. The minimum atomic E-state index is -0.216. The Morgan fingerprint density at radius 3 is 2.80 bits per heavy atom. The Labute approximate surface area is 203 Å². The average Bonchev–Trinajstić information content (AvgIpc) is 3.64. The monoisotopic (exact) mass is 472 g/mol. The van der Waals surface area contributed by atoms with Crippen LogP contribution < -0.4 is 0 Å². The number of hydrogen-bond donors (Lipinski definition) is 0. The van der Waals surface area contributed by atoms with E-state index in [1.165, 1.54) is 17.5 Å². The van der Waals surface area contributed by atoms with Crippen molar-refractivity contribution in [2.75, 3.05) is 32.7 Å². The molecule has 180 valence electrons. The predicted octanol–water partition coefficient (Wildman–Crippen LogP) is 2.06. The van der Waals surface area contributed by atoms with Gasteiger partial charge < -0.3 is 9.64 Å². The van der Waals surface area contributed by atoms with E-state index in [1.807, 2.05) is 23.1 Å². The Morgan fingerprint density at radius 2 is 2.00 bits per heavy atom. The first kappa shape index (κ1) is 21.9. The molecule has 0 N–H and O–H groups in total. The molecule has 2 aliphatic heterocycles. The lowest BCUT2D eigenvalue weighted by Crippen LogP contribution is -2.50. The summed E-state index contributed by atoms with van der Waals surface area (Å²) in [6.07, 6.45) is 5.67. The molecule has 0 bridgehead atoms. The summed E-state index contributed by atoms with van der Waals surface area (Å²) in [4.78, 5) is 38.3. The van der Waals surface area contributed by atoms with E-state index in [2.05, 4.69) is 28.0 Å². The van der Waals surface area contributed by atoms with Crippen molar-refractivity contribution < 1.29 is 14.3 Å². The number of piperazine rings is 1. The minimum Gasteiger partial charge on any atom is -0.457 e. The smallest absolute Gasteiger partial charge is 0.338 e. The molecule has 3 aromatic rings. The Morgan fingerprint density at radius 1 is 1.14 bits per heavy atom. The molecular formula is C26H28N6O3. The second-order valence-corrected chi connectivity index (χ2v) is 9.51. The first-order valence-electron chi connectivity index (χ1n) is 12.2. The maximum Gasteiger partial charge on any atom is 0.338 e. The highest BCUT2D eigenvalue weighted by atomic mass is 16.5. The van der Waals surface area contributed by atoms with Gasteiger partial charge in [0, 0.05) is 44.0 Å². The van der Waals surface area contributed by atoms with Gasteiger partial charge in [0.2, 0.25) is 5.91 Å². The fourth-order valence-corrected chi connectivity index (χ4v) is 5.52. The van der Waals surface area contributed by atoms with Gasteiger partial charge in [-0.1, -0.05) is 12.1 Å². The summed E-state index contributed by atoms with van der Waals surface area (Å²) in [6, 6.07) is 7.90. The standard InChI is InChI=1S/C26H28N6O3/c1-17-18(2-3-21-22(17)14-35-26(21)34)8-9-30-10-12-31(13-11-30)25(33)20-4-6-23-19(20)5-7-24(29-23)32-16-27-15-28-32/h2-3,5,7,15-16,20H,4,6,8-14H2,1H3. The number of benzene rings is 1. The fourth-order valence-electron chi connectivity index (χ4n) is 5.52. The van der Waals surface area contributed by atoms with Crippen molar-refractivity contribution >= 4 is 11.9 Å². The van der Waals surface area contributed by atoms with Gasteiger partial charge in [0.1, 0.15) is 19.3 Å². The van der Waals surface area contributed by atoms with Crippen LogP contribution >= 0.6 is 0 Å². The van der Waals surface area contributed by atoms with E-state index in [0.717, 1.165) is 74.6 Å². The summed E-state index contributed by atoms with van der Waals surface area (Å²) in [7, 11) is 0. The summed E-state index contributed by atoms with van der Waals surface area (Å²) in [5.74, 6) is 0.637.